The number of hydrogen-bond acceptors (Lipinski definition) is 3. The molecular formula is C11H18O3. The Morgan fingerprint density at radius 3 is 2.57 bits per heavy atom. The fourth-order valence-electron chi connectivity index (χ4n) is 1.68. The number of ether oxygens (including phenoxy) is 2. The summed E-state index contributed by atoms with van der Waals surface area (Å²) in [4.78, 5) is 11.2. The van der Waals surface area contributed by atoms with Gasteiger partial charge in [0.1, 0.15) is 6.10 Å². The molecule has 1 aliphatic carbocycles. The third-order valence-corrected chi connectivity index (χ3v) is 2.53. The van der Waals surface area contributed by atoms with Gasteiger partial charge in [-0.2, -0.15) is 0 Å². The lowest BCUT2D eigenvalue weighted by Gasteiger charge is -2.27. The Morgan fingerprint density at radius 2 is 2.00 bits per heavy atom. The second-order valence-electron chi connectivity index (χ2n) is 3.83. The Kier molecular flexibility index (Phi) is 4.14. The van der Waals surface area contributed by atoms with Crippen molar-refractivity contribution < 1.29 is 14.3 Å². The van der Waals surface area contributed by atoms with Gasteiger partial charge in [0.05, 0.1) is 6.10 Å². The Morgan fingerprint density at radius 1 is 1.36 bits per heavy atom. The van der Waals surface area contributed by atoms with Crippen LogP contribution in [0, 0.1) is 0 Å². The van der Waals surface area contributed by atoms with Crippen LogP contribution in [0.3, 0.4) is 0 Å². The van der Waals surface area contributed by atoms with Crippen molar-refractivity contribution in [1.82, 2.24) is 0 Å². The van der Waals surface area contributed by atoms with E-state index in [1.807, 2.05) is 0 Å². The van der Waals surface area contributed by atoms with Crippen LogP contribution >= 0.6 is 0 Å². The highest BCUT2D eigenvalue weighted by Crippen LogP contribution is 2.23. The van der Waals surface area contributed by atoms with Gasteiger partial charge in [0.15, 0.2) is 0 Å². The summed E-state index contributed by atoms with van der Waals surface area (Å²) in [5.41, 5.74) is 0.463. The van der Waals surface area contributed by atoms with E-state index < -0.39 is 0 Å². The highest BCUT2D eigenvalue weighted by Gasteiger charge is 2.24. The number of carbonyl (C=O) groups is 1. The van der Waals surface area contributed by atoms with Crippen molar-refractivity contribution in [3.8, 4) is 0 Å². The molecule has 0 aliphatic heterocycles. The molecule has 3 heteroatoms. The fourth-order valence-corrected chi connectivity index (χ4v) is 1.68. The topological polar surface area (TPSA) is 35.5 Å². The molecule has 80 valence electrons. The smallest absolute Gasteiger partial charge is 0.333 e. The Hall–Kier alpha value is -0.830. The van der Waals surface area contributed by atoms with Crippen LogP contribution in [0.1, 0.15) is 32.6 Å². The van der Waals surface area contributed by atoms with Crippen LogP contribution in [0.25, 0.3) is 0 Å². The minimum atomic E-state index is -0.285. The van der Waals surface area contributed by atoms with Crippen LogP contribution < -0.4 is 0 Å². The first-order valence-corrected chi connectivity index (χ1v) is 5.02. The van der Waals surface area contributed by atoms with Gasteiger partial charge in [-0.25, -0.2) is 4.79 Å². The van der Waals surface area contributed by atoms with Crippen LogP contribution in [0.2, 0.25) is 0 Å². The van der Waals surface area contributed by atoms with E-state index in [1.165, 1.54) is 0 Å². The van der Waals surface area contributed by atoms with Crippen molar-refractivity contribution >= 4 is 5.97 Å². The summed E-state index contributed by atoms with van der Waals surface area (Å²) in [5.74, 6) is -0.285. The second kappa shape index (κ2) is 5.15. The summed E-state index contributed by atoms with van der Waals surface area (Å²) in [6, 6.07) is 0. The van der Waals surface area contributed by atoms with E-state index >= 15 is 0 Å². The lowest BCUT2D eigenvalue weighted by atomic mass is 9.95. The van der Waals surface area contributed by atoms with Crippen molar-refractivity contribution in [1.29, 1.82) is 0 Å². The van der Waals surface area contributed by atoms with E-state index in [0.717, 1.165) is 25.7 Å². The first-order chi connectivity index (χ1) is 6.63. The minimum Gasteiger partial charge on any atom is -0.459 e. The maximum absolute atomic E-state index is 11.2. The molecule has 1 aliphatic rings. The molecule has 3 nitrogen and oxygen atoms in total. The summed E-state index contributed by atoms with van der Waals surface area (Å²) < 4.78 is 10.5. The molecule has 0 spiro atoms. The van der Waals surface area contributed by atoms with Crippen LogP contribution in [0.15, 0.2) is 12.2 Å². The molecule has 0 saturated heterocycles. The molecule has 0 radical (unpaired) electrons. The van der Waals surface area contributed by atoms with Crippen molar-refractivity contribution in [3.05, 3.63) is 12.2 Å². The highest BCUT2D eigenvalue weighted by atomic mass is 16.5. The second-order valence-corrected chi connectivity index (χ2v) is 3.83. The van der Waals surface area contributed by atoms with E-state index in [4.69, 9.17) is 9.47 Å². The zero-order valence-electron chi connectivity index (χ0n) is 8.91. The molecule has 0 aromatic carbocycles. The lowest BCUT2D eigenvalue weighted by molar-refractivity contribution is -0.147. The summed E-state index contributed by atoms with van der Waals surface area (Å²) in [6.07, 6.45) is 4.14. The predicted molar refractivity (Wildman–Crippen MR) is 54.0 cm³/mol. The van der Waals surface area contributed by atoms with E-state index in [0.29, 0.717) is 5.57 Å². The highest BCUT2D eigenvalue weighted by molar-refractivity contribution is 5.87. The van der Waals surface area contributed by atoms with Crippen molar-refractivity contribution in [2.24, 2.45) is 0 Å². The van der Waals surface area contributed by atoms with Crippen molar-refractivity contribution in [3.63, 3.8) is 0 Å². The van der Waals surface area contributed by atoms with Gasteiger partial charge in [-0.05, 0) is 26.2 Å². The maximum atomic E-state index is 11.2. The molecule has 0 N–H and O–H groups in total. The molecule has 14 heavy (non-hydrogen) atoms. The van der Waals surface area contributed by atoms with Gasteiger partial charge < -0.3 is 9.47 Å². The van der Waals surface area contributed by atoms with Gasteiger partial charge in [0.25, 0.3) is 0 Å². The normalized spacial score (nSPS) is 27.0. The van der Waals surface area contributed by atoms with E-state index in [1.54, 1.807) is 14.0 Å². The molecule has 2 atom stereocenters. The van der Waals surface area contributed by atoms with Gasteiger partial charge in [-0.3, -0.25) is 0 Å². The van der Waals surface area contributed by atoms with Gasteiger partial charge in [0.2, 0.25) is 0 Å². The van der Waals surface area contributed by atoms with Gasteiger partial charge in [-0.15, -0.1) is 0 Å². The number of methoxy groups -OCH3 is 1. The van der Waals surface area contributed by atoms with Gasteiger partial charge in [0, 0.05) is 19.1 Å². The molecule has 1 saturated carbocycles. The van der Waals surface area contributed by atoms with Crippen LogP contribution in [0.4, 0.5) is 0 Å². The monoisotopic (exact) mass is 198 g/mol. The zero-order chi connectivity index (χ0) is 10.6. The zero-order valence-corrected chi connectivity index (χ0v) is 8.91. The quantitative estimate of drug-likeness (QED) is 0.514. The molecule has 0 bridgehead atoms. The summed E-state index contributed by atoms with van der Waals surface area (Å²) in [7, 11) is 1.70. The van der Waals surface area contributed by atoms with Gasteiger partial charge in [-0.1, -0.05) is 6.58 Å². The average molecular weight is 198 g/mol. The molecule has 0 aromatic heterocycles. The van der Waals surface area contributed by atoms with Crippen LogP contribution in [-0.4, -0.2) is 25.3 Å². The van der Waals surface area contributed by atoms with Crippen molar-refractivity contribution in [2.75, 3.05) is 7.11 Å². The van der Waals surface area contributed by atoms with E-state index in [2.05, 4.69) is 6.58 Å². The number of rotatable bonds is 3. The number of carbonyl (C=O) groups excluding carboxylic acids is 1. The van der Waals surface area contributed by atoms with Gasteiger partial charge >= 0.3 is 5.97 Å². The third-order valence-electron chi connectivity index (χ3n) is 2.53. The standard InChI is InChI=1S/C11H18O3/c1-8(2)11(12)14-10-6-4-5-9(7-10)13-3/h9-10H,1,4-7H2,2-3H3. The van der Waals surface area contributed by atoms with Crippen molar-refractivity contribution in [2.45, 2.75) is 44.8 Å². The molecule has 0 heterocycles. The Bertz CT molecular complexity index is 223. The molecule has 0 amide bonds. The largest absolute Gasteiger partial charge is 0.459 e. The fraction of sp³-hybridized carbons (Fsp3) is 0.727. The first-order valence-electron chi connectivity index (χ1n) is 5.02. The third kappa shape index (κ3) is 3.14. The number of hydrogen-bond donors (Lipinski definition) is 0. The average Bonchev–Trinajstić information content (AvgIpc) is 2.18. The van der Waals surface area contributed by atoms with E-state index in [-0.39, 0.29) is 18.2 Å². The van der Waals surface area contributed by atoms with Crippen LogP contribution in [0.5, 0.6) is 0 Å². The minimum absolute atomic E-state index is 0.0119. The first kappa shape index (κ1) is 11.2. The Labute approximate surface area is 85.1 Å². The Balaban J connectivity index is 2.37. The SMILES string of the molecule is C=C(C)C(=O)OC1CCCC(OC)C1. The summed E-state index contributed by atoms with van der Waals surface area (Å²) >= 11 is 0. The molecular weight excluding hydrogens is 180 g/mol. The maximum Gasteiger partial charge on any atom is 0.333 e. The molecule has 1 fully saturated rings. The van der Waals surface area contributed by atoms with Crippen LogP contribution in [-0.2, 0) is 14.3 Å². The lowest BCUT2D eigenvalue weighted by Crippen LogP contribution is -2.29. The molecule has 0 aromatic rings. The number of esters is 1. The summed E-state index contributed by atoms with van der Waals surface area (Å²) in [6.45, 7) is 5.22. The summed E-state index contributed by atoms with van der Waals surface area (Å²) in [5, 5.41) is 0. The predicted octanol–water partition coefficient (Wildman–Crippen LogP) is 2.06. The molecule has 2 unspecified atom stereocenters. The molecule has 1 rings (SSSR count). The van der Waals surface area contributed by atoms with E-state index in [9.17, 15) is 4.79 Å².